The third-order valence-corrected chi connectivity index (χ3v) is 6.87. The second-order valence-corrected chi connectivity index (χ2v) is 11.7. The smallest absolute Gasteiger partial charge is 0.407 e. The zero-order chi connectivity index (χ0) is 28.5. The number of hydrogen-bond donors (Lipinski definition) is 3. The average molecular weight is 548 g/mol. The van der Waals surface area contributed by atoms with E-state index in [4.69, 9.17) is 9.47 Å². The van der Waals surface area contributed by atoms with Crippen molar-refractivity contribution < 1.29 is 29.0 Å². The number of aliphatic hydroxyl groups excluding tert-OH is 1. The number of carbonyl (C=O) groups is 3. The zero-order valence-corrected chi connectivity index (χ0v) is 24.1. The van der Waals surface area contributed by atoms with Gasteiger partial charge in [0.05, 0.1) is 13.0 Å². The summed E-state index contributed by atoms with van der Waals surface area (Å²) in [4.78, 5) is 41.7. The van der Waals surface area contributed by atoms with Crippen molar-refractivity contribution in [1.82, 2.24) is 15.6 Å². The Hall–Kier alpha value is -2.98. The van der Waals surface area contributed by atoms with Crippen molar-refractivity contribution in [2.45, 2.75) is 84.6 Å². The van der Waals surface area contributed by atoms with Gasteiger partial charge in [-0.2, -0.15) is 0 Å². The lowest BCUT2D eigenvalue weighted by molar-refractivity contribution is -0.145. The van der Waals surface area contributed by atoms with Gasteiger partial charge in [0.25, 0.3) is 5.91 Å². The van der Waals surface area contributed by atoms with Gasteiger partial charge >= 0.3 is 12.1 Å². The first kappa shape index (κ1) is 31.2. The normalized spacial score (nSPS) is 14.8. The Morgan fingerprint density at radius 3 is 2.29 bits per heavy atom. The van der Waals surface area contributed by atoms with Crippen LogP contribution >= 0.6 is 11.3 Å². The Morgan fingerprint density at radius 2 is 1.71 bits per heavy atom. The van der Waals surface area contributed by atoms with Crippen molar-refractivity contribution in [2.24, 2.45) is 11.8 Å². The average Bonchev–Trinajstić information content (AvgIpc) is 3.33. The van der Waals surface area contributed by atoms with Gasteiger partial charge in [0.15, 0.2) is 0 Å². The van der Waals surface area contributed by atoms with Gasteiger partial charge in [-0.05, 0) is 45.1 Å². The molecular formula is C28H41N3O6S. The highest BCUT2D eigenvalue weighted by Crippen LogP contribution is 2.25. The largest absolute Gasteiger partial charge is 0.469 e. The van der Waals surface area contributed by atoms with Crippen molar-refractivity contribution in [2.75, 3.05) is 7.11 Å². The predicted octanol–water partition coefficient (Wildman–Crippen LogP) is 4.66. The Morgan fingerprint density at radius 1 is 1.05 bits per heavy atom. The Kier molecular flexibility index (Phi) is 11.7. The van der Waals surface area contributed by atoms with E-state index >= 15 is 0 Å². The molecular weight excluding hydrogens is 506 g/mol. The fourth-order valence-electron chi connectivity index (χ4n) is 3.92. The molecule has 0 aliphatic heterocycles. The molecule has 2 rings (SSSR count). The molecule has 0 fully saturated rings. The number of benzene rings is 1. The van der Waals surface area contributed by atoms with Gasteiger partial charge in [-0.15, -0.1) is 11.3 Å². The molecule has 2 amide bonds. The van der Waals surface area contributed by atoms with Gasteiger partial charge in [-0.3, -0.25) is 9.59 Å². The maximum absolute atomic E-state index is 13.1. The molecule has 2 aromatic rings. The van der Waals surface area contributed by atoms with E-state index in [2.05, 4.69) is 15.6 Å². The number of nitrogens with zero attached hydrogens (tertiary/aromatic N) is 1. The molecule has 0 unspecified atom stereocenters. The summed E-state index contributed by atoms with van der Waals surface area (Å²) >= 11 is 1.18. The topological polar surface area (TPSA) is 127 Å². The summed E-state index contributed by atoms with van der Waals surface area (Å²) in [6.07, 6.45) is -0.352. The Balaban J connectivity index is 2.08. The van der Waals surface area contributed by atoms with Crippen LogP contribution in [0.5, 0.6) is 0 Å². The molecule has 9 nitrogen and oxygen atoms in total. The summed E-state index contributed by atoms with van der Waals surface area (Å²) in [5, 5.41) is 18.6. The van der Waals surface area contributed by atoms with Crippen LogP contribution in [0, 0.1) is 11.8 Å². The molecule has 210 valence electrons. The minimum Gasteiger partial charge on any atom is -0.469 e. The number of aliphatic hydroxyl groups is 1. The number of carbonyl (C=O) groups excluding carboxylic acids is 3. The Labute approximate surface area is 229 Å². The van der Waals surface area contributed by atoms with Crippen molar-refractivity contribution in [1.29, 1.82) is 0 Å². The molecule has 0 bridgehead atoms. The van der Waals surface area contributed by atoms with Gasteiger partial charge in [-0.1, -0.05) is 51.1 Å². The summed E-state index contributed by atoms with van der Waals surface area (Å²) < 4.78 is 10.2. The van der Waals surface area contributed by atoms with Crippen LogP contribution in [0.1, 0.15) is 81.5 Å². The maximum Gasteiger partial charge on any atom is 0.407 e. The third kappa shape index (κ3) is 10.4. The van der Waals surface area contributed by atoms with Crippen molar-refractivity contribution in [3.05, 3.63) is 52.0 Å². The second kappa shape index (κ2) is 14.2. The minimum absolute atomic E-state index is 0.0374. The standard InChI is InChI=1S/C28H41N3O6S/c1-17(2)21(31-27(35)37-28(4,5)6)15-23(32)25-30-22(16-38-25)24(33)29-20(13-18(3)26(34)36-7)14-19-11-9-8-10-12-19/h8-12,16-18,20-21,23,32H,13-15H2,1-7H3,(H,29,33)(H,31,35)/t18-,20+,21+,23-/m0/s1. The van der Waals surface area contributed by atoms with Crippen molar-refractivity contribution in [3.63, 3.8) is 0 Å². The van der Waals surface area contributed by atoms with Gasteiger partial charge in [0.2, 0.25) is 0 Å². The van der Waals surface area contributed by atoms with E-state index in [0.717, 1.165) is 5.56 Å². The molecule has 10 heteroatoms. The molecule has 1 aromatic heterocycles. The van der Waals surface area contributed by atoms with Gasteiger partial charge in [-0.25, -0.2) is 9.78 Å². The number of aromatic nitrogens is 1. The number of methoxy groups -OCH3 is 1. The summed E-state index contributed by atoms with van der Waals surface area (Å²) in [5.41, 5.74) is 0.588. The molecule has 0 aliphatic carbocycles. The van der Waals surface area contributed by atoms with Gasteiger partial charge < -0.3 is 25.2 Å². The number of hydrogen-bond acceptors (Lipinski definition) is 8. The van der Waals surface area contributed by atoms with Crippen LogP contribution in [-0.4, -0.2) is 52.9 Å². The van der Waals surface area contributed by atoms with Crippen LogP contribution in [-0.2, 0) is 20.7 Å². The number of amides is 2. The lowest BCUT2D eigenvalue weighted by Crippen LogP contribution is -2.42. The first-order valence-corrected chi connectivity index (χ1v) is 13.7. The van der Waals surface area contributed by atoms with E-state index < -0.39 is 23.7 Å². The SMILES string of the molecule is COC(=O)[C@@H](C)C[C@H](Cc1ccccc1)NC(=O)c1csc([C@@H](O)C[C@@H](NC(=O)OC(C)(C)C)C(C)C)n1. The molecule has 4 atom stereocenters. The number of nitrogens with one attached hydrogen (secondary N) is 2. The third-order valence-electron chi connectivity index (χ3n) is 5.93. The fraction of sp³-hybridized carbons (Fsp3) is 0.571. The monoisotopic (exact) mass is 547 g/mol. The molecule has 3 N–H and O–H groups in total. The molecule has 1 aromatic carbocycles. The van der Waals surface area contributed by atoms with Crippen LogP contribution in [0.25, 0.3) is 0 Å². The highest BCUT2D eigenvalue weighted by molar-refractivity contribution is 7.09. The summed E-state index contributed by atoms with van der Waals surface area (Å²) in [7, 11) is 1.35. The molecule has 0 aliphatic rings. The summed E-state index contributed by atoms with van der Waals surface area (Å²) in [6.45, 7) is 11.0. The number of thiazole rings is 1. The van der Waals surface area contributed by atoms with Crippen LogP contribution in [0.4, 0.5) is 4.79 Å². The van der Waals surface area contributed by atoms with E-state index in [-0.39, 0.29) is 42.0 Å². The van der Waals surface area contributed by atoms with E-state index in [1.807, 2.05) is 44.2 Å². The lowest BCUT2D eigenvalue weighted by atomic mass is 9.96. The Bertz CT molecular complexity index is 1050. The maximum atomic E-state index is 13.1. The van der Waals surface area contributed by atoms with Crippen molar-refractivity contribution in [3.8, 4) is 0 Å². The van der Waals surface area contributed by atoms with E-state index in [0.29, 0.717) is 17.8 Å². The number of esters is 1. The van der Waals surface area contributed by atoms with Crippen LogP contribution in [0.2, 0.25) is 0 Å². The molecule has 0 saturated carbocycles. The van der Waals surface area contributed by atoms with Gasteiger partial charge in [0.1, 0.15) is 22.4 Å². The molecule has 0 spiro atoms. The number of rotatable bonds is 12. The predicted molar refractivity (Wildman–Crippen MR) is 147 cm³/mol. The molecule has 0 saturated heterocycles. The van der Waals surface area contributed by atoms with E-state index in [9.17, 15) is 19.5 Å². The minimum atomic E-state index is -0.969. The van der Waals surface area contributed by atoms with E-state index in [1.165, 1.54) is 18.4 Å². The van der Waals surface area contributed by atoms with Crippen LogP contribution in [0.15, 0.2) is 35.7 Å². The quantitative estimate of drug-likeness (QED) is 0.330. The highest BCUT2D eigenvalue weighted by Gasteiger charge is 2.27. The lowest BCUT2D eigenvalue weighted by Gasteiger charge is -2.26. The van der Waals surface area contributed by atoms with Crippen LogP contribution in [0.3, 0.4) is 0 Å². The zero-order valence-electron chi connectivity index (χ0n) is 23.3. The van der Waals surface area contributed by atoms with Crippen LogP contribution < -0.4 is 10.6 Å². The first-order chi connectivity index (χ1) is 17.8. The molecule has 1 heterocycles. The summed E-state index contributed by atoms with van der Waals surface area (Å²) in [6, 6.07) is 9.03. The fourth-order valence-corrected chi connectivity index (χ4v) is 4.71. The van der Waals surface area contributed by atoms with Crippen molar-refractivity contribution >= 4 is 29.3 Å². The molecule has 0 radical (unpaired) electrons. The molecule has 38 heavy (non-hydrogen) atoms. The first-order valence-electron chi connectivity index (χ1n) is 12.8. The number of alkyl carbamates (subject to hydrolysis) is 1. The number of ether oxygens (including phenoxy) is 2. The summed E-state index contributed by atoms with van der Waals surface area (Å²) in [5.74, 6) is -1.08. The highest BCUT2D eigenvalue weighted by atomic mass is 32.1. The second-order valence-electron chi connectivity index (χ2n) is 10.8. The van der Waals surface area contributed by atoms with E-state index in [1.54, 1.807) is 33.1 Å². The van der Waals surface area contributed by atoms with Gasteiger partial charge in [0, 0.05) is 23.9 Å².